The Labute approximate surface area is 124 Å². The van der Waals surface area contributed by atoms with E-state index in [-0.39, 0.29) is 0 Å². The first-order valence-electron chi connectivity index (χ1n) is 7.09. The molecule has 0 spiro atoms. The zero-order valence-electron chi connectivity index (χ0n) is 12.5. The fourth-order valence-electron chi connectivity index (χ4n) is 2.55. The Bertz CT molecular complexity index is 801. The van der Waals surface area contributed by atoms with E-state index in [0.29, 0.717) is 11.6 Å². The van der Waals surface area contributed by atoms with Gasteiger partial charge in [-0.2, -0.15) is 0 Å². The van der Waals surface area contributed by atoms with Crippen LogP contribution >= 0.6 is 0 Å². The van der Waals surface area contributed by atoms with Crippen LogP contribution in [0.5, 0.6) is 0 Å². The zero-order valence-corrected chi connectivity index (χ0v) is 12.5. The van der Waals surface area contributed by atoms with Crippen molar-refractivity contribution in [2.24, 2.45) is 0 Å². The monoisotopic (exact) mass is 278 g/mol. The second-order valence-corrected chi connectivity index (χ2v) is 5.21. The Morgan fingerprint density at radius 1 is 1.00 bits per heavy atom. The zero-order chi connectivity index (χ0) is 15.0. The quantitative estimate of drug-likeness (QED) is 0.779. The van der Waals surface area contributed by atoms with E-state index in [2.05, 4.69) is 34.0 Å². The Kier molecular flexibility index (Phi) is 3.29. The minimum atomic E-state index is 0.571. The van der Waals surface area contributed by atoms with Crippen molar-refractivity contribution in [3.8, 4) is 11.4 Å². The summed E-state index contributed by atoms with van der Waals surface area (Å²) >= 11 is 0. The number of pyridine rings is 1. The number of rotatable bonds is 2. The summed E-state index contributed by atoms with van der Waals surface area (Å²) in [5.41, 5.74) is 11.0. The van der Waals surface area contributed by atoms with E-state index in [1.165, 1.54) is 0 Å². The van der Waals surface area contributed by atoms with Gasteiger partial charge >= 0.3 is 0 Å². The molecule has 0 saturated heterocycles. The topological polar surface area (TPSA) is 64.7 Å². The van der Waals surface area contributed by atoms with Gasteiger partial charge in [0.2, 0.25) is 0 Å². The molecule has 21 heavy (non-hydrogen) atoms. The number of nitrogen functional groups attached to an aromatic ring is 1. The normalized spacial score (nSPS) is 11.0. The highest BCUT2D eigenvalue weighted by Crippen LogP contribution is 2.24. The Morgan fingerprint density at radius 3 is 2.52 bits per heavy atom. The second-order valence-electron chi connectivity index (χ2n) is 5.21. The van der Waals surface area contributed by atoms with Gasteiger partial charge in [0.1, 0.15) is 5.82 Å². The summed E-state index contributed by atoms with van der Waals surface area (Å²) in [5.74, 6) is 1.24. The number of anilines is 1. The van der Waals surface area contributed by atoms with Gasteiger partial charge in [-0.3, -0.25) is 4.98 Å². The van der Waals surface area contributed by atoms with Crippen molar-refractivity contribution >= 4 is 16.7 Å². The van der Waals surface area contributed by atoms with E-state index >= 15 is 0 Å². The lowest BCUT2D eigenvalue weighted by atomic mass is 10.1. The molecule has 1 aromatic carbocycles. The Balaban J connectivity index is 2.14. The molecule has 4 heteroatoms. The molecule has 3 rings (SSSR count). The maximum atomic E-state index is 6.04. The van der Waals surface area contributed by atoms with E-state index in [9.17, 15) is 0 Å². The second kappa shape index (κ2) is 5.13. The van der Waals surface area contributed by atoms with Crippen LogP contribution in [0.4, 0.5) is 5.82 Å². The van der Waals surface area contributed by atoms with Crippen LogP contribution in [0.3, 0.4) is 0 Å². The Hall–Kier alpha value is -2.49. The number of aromatic nitrogens is 3. The van der Waals surface area contributed by atoms with Crippen LogP contribution in [0.1, 0.15) is 23.9 Å². The first-order valence-corrected chi connectivity index (χ1v) is 7.09. The fraction of sp³-hybridized carbons (Fsp3) is 0.235. The summed E-state index contributed by atoms with van der Waals surface area (Å²) < 4.78 is 0. The van der Waals surface area contributed by atoms with Gasteiger partial charge in [0.25, 0.3) is 0 Å². The lowest BCUT2D eigenvalue weighted by Gasteiger charge is -2.09. The number of nitrogens with two attached hydrogens (primary N) is 1. The summed E-state index contributed by atoms with van der Waals surface area (Å²) in [6.45, 7) is 6.03. The highest BCUT2D eigenvalue weighted by Gasteiger charge is 2.10. The van der Waals surface area contributed by atoms with Gasteiger partial charge in [-0.1, -0.05) is 13.0 Å². The Morgan fingerprint density at radius 2 is 1.81 bits per heavy atom. The molecule has 0 aliphatic heterocycles. The van der Waals surface area contributed by atoms with Crippen molar-refractivity contribution in [2.45, 2.75) is 27.2 Å². The smallest absolute Gasteiger partial charge is 0.161 e. The molecule has 2 N–H and O–H groups in total. The van der Waals surface area contributed by atoms with Gasteiger partial charge < -0.3 is 5.73 Å². The highest BCUT2D eigenvalue weighted by molar-refractivity contribution is 5.83. The average molecular weight is 278 g/mol. The van der Waals surface area contributed by atoms with Crippen LogP contribution in [0.15, 0.2) is 30.3 Å². The van der Waals surface area contributed by atoms with Crippen molar-refractivity contribution < 1.29 is 0 Å². The summed E-state index contributed by atoms with van der Waals surface area (Å²) in [5, 5.41) is 1.08. The first kappa shape index (κ1) is 13.5. The molecular formula is C17H18N4. The number of hydrogen-bond acceptors (Lipinski definition) is 4. The van der Waals surface area contributed by atoms with Crippen molar-refractivity contribution in [1.82, 2.24) is 15.0 Å². The third-order valence-corrected chi connectivity index (χ3v) is 3.69. The number of aryl methyl sites for hydroxylation is 2. The molecule has 0 bridgehead atoms. The number of hydrogen-bond donors (Lipinski definition) is 1. The van der Waals surface area contributed by atoms with Crippen molar-refractivity contribution in [3.63, 3.8) is 0 Å². The molecular weight excluding hydrogens is 260 g/mol. The predicted octanol–water partition coefficient (Wildman–Crippen LogP) is 3.45. The molecule has 2 heterocycles. The molecule has 0 fully saturated rings. The molecule has 0 atom stereocenters. The van der Waals surface area contributed by atoms with Crippen molar-refractivity contribution in [2.75, 3.05) is 5.73 Å². The van der Waals surface area contributed by atoms with Crippen LogP contribution in [0.25, 0.3) is 22.3 Å². The summed E-state index contributed by atoms with van der Waals surface area (Å²) in [6.07, 6.45) is 0.846. The molecule has 3 aromatic rings. The van der Waals surface area contributed by atoms with Gasteiger partial charge in [0.05, 0.1) is 5.52 Å². The van der Waals surface area contributed by atoms with Crippen molar-refractivity contribution in [3.05, 3.63) is 47.3 Å². The molecule has 0 saturated carbocycles. The predicted molar refractivity (Wildman–Crippen MR) is 86.0 cm³/mol. The highest BCUT2D eigenvalue weighted by atomic mass is 15.0. The standard InChI is InChI=1S/C17H18N4/c1-4-14-11(3)20-17(21-16(14)18)13-7-8-15-12(9-13)6-5-10(2)19-15/h5-9H,4H2,1-3H3,(H2,18,20,21). The van der Waals surface area contributed by atoms with E-state index in [1.807, 2.05) is 32.0 Å². The SMILES string of the molecule is CCc1c(C)nc(-c2ccc3nc(C)ccc3c2)nc1N. The maximum absolute atomic E-state index is 6.04. The first-order chi connectivity index (χ1) is 10.1. The summed E-state index contributed by atoms with van der Waals surface area (Å²) in [7, 11) is 0. The van der Waals surface area contributed by atoms with Crippen LogP contribution < -0.4 is 5.73 Å². The number of fused-ring (bicyclic) bond motifs is 1. The van der Waals surface area contributed by atoms with Gasteiger partial charge in [0, 0.05) is 27.9 Å². The molecule has 0 amide bonds. The van der Waals surface area contributed by atoms with E-state index in [1.54, 1.807) is 0 Å². The molecule has 0 unspecified atom stereocenters. The minimum Gasteiger partial charge on any atom is -0.383 e. The molecule has 2 aromatic heterocycles. The maximum Gasteiger partial charge on any atom is 0.161 e. The summed E-state index contributed by atoms with van der Waals surface area (Å²) in [4.78, 5) is 13.5. The van der Waals surface area contributed by atoms with Gasteiger partial charge in [-0.05, 0) is 44.5 Å². The molecule has 0 radical (unpaired) electrons. The third-order valence-electron chi connectivity index (χ3n) is 3.69. The molecule has 0 aliphatic rings. The van der Waals surface area contributed by atoms with Crippen LogP contribution in [0, 0.1) is 13.8 Å². The molecule has 0 aliphatic carbocycles. The van der Waals surface area contributed by atoms with Gasteiger partial charge in [-0.25, -0.2) is 9.97 Å². The van der Waals surface area contributed by atoms with Crippen LogP contribution in [-0.4, -0.2) is 15.0 Å². The number of benzene rings is 1. The lowest BCUT2D eigenvalue weighted by Crippen LogP contribution is -2.04. The van der Waals surface area contributed by atoms with E-state index in [4.69, 9.17) is 5.73 Å². The lowest BCUT2D eigenvalue weighted by molar-refractivity contribution is 1.01. The largest absolute Gasteiger partial charge is 0.383 e. The number of nitrogens with zero attached hydrogens (tertiary/aromatic N) is 3. The van der Waals surface area contributed by atoms with Crippen molar-refractivity contribution in [1.29, 1.82) is 0 Å². The molecule has 4 nitrogen and oxygen atoms in total. The average Bonchev–Trinajstić information content (AvgIpc) is 2.46. The van der Waals surface area contributed by atoms with Crippen LogP contribution in [0.2, 0.25) is 0 Å². The van der Waals surface area contributed by atoms with E-state index in [0.717, 1.165) is 39.8 Å². The third kappa shape index (κ3) is 2.44. The van der Waals surface area contributed by atoms with Gasteiger partial charge in [0.15, 0.2) is 5.82 Å². The van der Waals surface area contributed by atoms with E-state index < -0.39 is 0 Å². The summed E-state index contributed by atoms with van der Waals surface area (Å²) in [6, 6.07) is 10.1. The minimum absolute atomic E-state index is 0.571. The molecule has 106 valence electrons. The fourth-order valence-corrected chi connectivity index (χ4v) is 2.55. The van der Waals surface area contributed by atoms with Crippen LogP contribution in [-0.2, 0) is 6.42 Å². The van der Waals surface area contributed by atoms with Gasteiger partial charge in [-0.15, -0.1) is 0 Å².